The van der Waals surface area contributed by atoms with E-state index < -0.39 is 0 Å². The molecule has 6 heteroatoms. The maximum Gasteiger partial charge on any atom is 0.266 e. The summed E-state index contributed by atoms with van der Waals surface area (Å²) < 4.78 is 0. The van der Waals surface area contributed by atoms with Gasteiger partial charge < -0.3 is 10.6 Å². The molecule has 0 spiro atoms. The van der Waals surface area contributed by atoms with Gasteiger partial charge in [-0.05, 0) is 54.0 Å². The molecule has 3 rings (SSSR count). The number of carbonyl (C=O) groups is 2. The second kappa shape index (κ2) is 6.10. The monoisotopic (exact) mass is 334 g/mol. The van der Waals surface area contributed by atoms with Crippen LogP contribution in [0.1, 0.15) is 40.9 Å². The lowest BCUT2D eigenvalue weighted by molar-refractivity contribution is -0.114. The second-order valence-electron chi connectivity index (χ2n) is 5.31. The average Bonchev–Trinajstić information content (AvgIpc) is 3.18. The lowest BCUT2D eigenvalue weighted by atomic mass is 10.1. The van der Waals surface area contributed by atoms with Crippen molar-refractivity contribution in [1.82, 2.24) is 0 Å². The molecule has 1 aliphatic rings. The Hall–Kier alpha value is -1.85. The van der Waals surface area contributed by atoms with E-state index >= 15 is 0 Å². The van der Waals surface area contributed by atoms with E-state index in [1.807, 2.05) is 11.4 Å². The van der Waals surface area contributed by atoms with Gasteiger partial charge in [0.05, 0.1) is 15.6 Å². The fraction of sp³-hybridized carbons (Fsp3) is 0.250. The quantitative estimate of drug-likeness (QED) is 0.865. The SMILES string of the molecule is CC(=O)Nc1ccc(NC(=O)c2sccc2C2CC2)c(Cl)c1. The lowest BCUT2D eigenvalue weighted by Crippen LogP contribution is -2.12. The largest absolute Gasteiger partial charge is 0.326 e. The van der Waals surface area contributed by atoms with E-state index in [1.54, 1.807) is 18.2 Å². The first kappa shape index (κ1) is 15.1. The minimum Gasteiger partial charge on any atom is -0.326 e. The first-order valence-electron chi connectivity index (χ1n) is 7.00. The summed E-state index contributed by atoms with van der Waals surface area (Å²) in [7, 11) is 0. The third kappa shape index (κ3) is 3.31. The van der Waals surface area contributed by atoms with Crippen molar-refractivity contribution in [1.29, 1.82) is 0 Å². The molecule has 1 aliphatic carbocycles. The molecule has 0 bridgehead atoms. The van der Waals surface area contributed by atoms with Crippen LogP contribution in [0.4, 0.5) is 11.4 Å². The highest BCUT2D eigenvalue weighted by atomic mass is 35.5. The highest BCUT2D eigenvalue weighted by Gasteiger charge is 2.29. The van der Waals surface area contributed by atoms with Crippen molar-refractivity contribution >= 4 is 46.1 Å². The lowest BCUT2D eigenvalue weighted by Gasteiger charge is -2.09. The molecule has 2 amide bonds. The topological polar surface area (TPSA) is 58.2 Å². The first-order chi connectivity index (χ1) is 10.5. The molecule has 4 nitrogen and oxygen atoms in total. The molecule has 0 radical (unpaired) electrons. The zero-order valence-electron chi connectivity index (χ0n) is 12.0. The van der Waals surface area contributed by atoms with E-state index in [2.05, 4.69) is 10.6 Å². The smallest absolute Gasteiger partial charge is 0.266 e. The Kier molecular flexibility index (Phi) is 4.18. The summed E-state index contributed by atoms with van der Waals surface area (Å²) in [6.45, 7) is 1.43. The molecule has 114 valence electrons. The maximum atomic E-state index is 12.4. The van der Waals surface area contributed by atoms with Gasteiger partial charge in [0.25, 0.3) is 5.91 Å². The van der Waals surface area contributed by atoms with Gasteiger partial charge in [-0.3, -0.25) is 9.59 Å². The molecular formula is C16H15ClN2O2S. The van der Waals surface area contributed by atoms with Crippen molar-refractivity contribution in [2.75, 3.05) is 10.6 Å². The number of rotatable bonds is 4. The molecule has 2 N–H and O–H groups in total. The number of amides is 2. The van der Waals surface area contributed by atoms with Crippen LogP contribution in [0.15, 0.2) is 29.6 Å². The Labute approximate surface area is 137 Å². The van der Waals surface area contributed by atoms with Crippen LogP contribution in [0.25, 0.3) is 0 Å². The van der Waals surface area contributed by atoms with Gasteiger partial charge in [-0.2, -0.15) is 0 Å². The highest BCUT2D eigenvalue weighted by Crippen LogP contribution is 2.43. The summed E-state index contributed by atoms with van der Waals surface area (Å²) in [5, 5.41) is 7.84. The normalized spacial score (nSPS) is 13.7. The molecule has 1 heterocycles. The van der Waals surface area contributed by atoms with Crippen LogP contribution in [0.3, 0.4) is 0 Å². The van der Waals surface area contributed by atoms with Crippen molar-refractivity contribution < 1.29 is 9.59 Å². The Morgan fingerprint density at radius 3 is 2.64 bits per heavy atom. The third-order valence-electron chi connectivity index (χ3n) is 3.46. The molecule has 2 aromatic rings. The maximum absolute atomic E-state index is 12.4. The number of thiophene rings is 1. The number of benzene rings is 1. The van der Waals surface area contributed by atoms with E-state index in [0.717, 1.165) is 23.3 Å². The van der Waals surface area contributed by atoms with Gasteiger partial charge in [-0.15, -0.1) is 11.3 Å². The molecule has 1 saturated carbocycles. The first-order valence-corrected chi connectivity index (χ1v) is 8.26. The zero-order chi connectivity index (χ0) is 15.7. The van der Waals surface area contributed by atoms with Crippen molar-refractivity contribution in [3.05, 3.63) is 45.1 Å². The number of hydrogen-bond donors (Lipinski definition) is 2. The van der Waals surface area contributed by atoms with E-state index in [9.17, 15) is 9.59 Å². The van der Waals surface area contributed by atoms with Gasteiger partial charge >= 0.3 is 0 Å². The average molecular weight is 335 g/mol. The summed E-state index contributed by atoms with van der Waals surface area (Å²) >= 11 is 7.62. The number of nitrogens with one attached hydrogen (secondary N) is 2. The van der Waals surface area contributed by atoms with Crippen molar-refractivity contribution in [3.63, 3.8) is 0 Å². The Bertz CT molecular complexity index is 737. The summed E-state index contributed by atoms with van der Waals surface area (Å²) in [6, 6.07) is 7.04. The van der Waals surface area contributed by atoms with Gasteiger partial charge in [0.15, 0.2) is 0 Å². The van der Waals surface area contributed by atoms with E-state index in [0.29, 0.717) is 22.3 Å². The molecule has 1 fully saturated rings. The molecule has 0 atom stereocenters. The minimum absolute atomic E-state index is 0.133. The fourth-order valence-electron chi connectivity index (χ4n) is 2.30. The van der Waals surface area contributed by atoms with Gasteiger partial charge in [0, 0.05) is 12.6 Å². The molecule has 0 aliphatic heterocycles. The summed E-state index contributed by atoms with van der Waals surface area (Å²) in [5.41, 5.74) is 2.27. The number of anilines is 2. The van der Waals surface area contributed by atoms with Crippen molar-refractivity contribution in [2.24, 2.45) is 0 Å². The van der Waals surface area contributed by atoms with E-state index in [4.69, 9.17) is 11.6 Å². The van der Waals surface area contributed by atoms with Crippen molar-refractivity contribution in [3.8, 4) is 0 Å². The van der Waals surface area contributed by atoms with Crippen LogP contribution in [0.2, 0.25) is 5.02 Å². The summed E-state index contributed by atoms with van der Waals surface area (Å²) in [4.78, 5) is 24.2. The molecular weight excluding hydrogens is 320 g/mol. The van der Waals surface area contributed by atoms with Gasteiger partial charge in [-0.25, -0.2) is 0 Å². The van der Waals surface area contributed by atoms with Crippen LogP contribution >= 0.6 is 22.9 Å². The van der Waals surface area contributed by atoms with Crippen LogP contribution in [-0.2, 0) is 4.79 Å². The fourth-order valence-corrected chi connectivity index (χ4v) is 3.40. The zero-order valence-corrected chi connectivity index (χ0v) is 13.6. The molecule has 22 heavy (non-hydrogen) atoms. The van der Waals surface area contributed by atoms with Crippen LogP contribution in [0.5, 0.6) is 0 Å². The Morgan fingerprint density at radius 2 is 2.00 bits per heavy atom. The van der Waals surface area contributed by atoms with Crippen LogP contribution < -0.4 is 10.6 Å². The van der Waals surface area contributed by atoms with Gasteiger partial charge in [0.2, 0.25) is 5.91 Å². The van der Waals surface area contributed by atoms with E-state index in [-0.39, 0.29) is 11.8 Å². The van der Waals surface area contributed by atoms with Crippen LogP contribution in [0, 0.1) is 0 Å². The van der Waals surface area contributed by atoms with Crippen LogP contribution in [-0.4, -0.2) is 11.8 Å². The third-order valence-corrected chi connectivity index (χ3v) is 4.70. The number of carbonyl (C=O) groups excluding carboxylic acids is 2. The molecule has 0 unspecified atom stereocenters. The summed E-state index contributed by atoms with van der Waals surface area (Å²) in [5.74, 6) is 0.233. The molecule has 1 aromatic carbocycles. The second-order valence-corrected chi connectivity index (χ2v) is 6.63. The van der Waals surface area contributed by atoms with Gasteiger partial charge in [0.1, 0.15) is 0 Å². The predicted molar refractivity (Wildman–Crippen MR) is 90.0 cm³/mol. The number of hydrogen-bond acceptors (Lipinski definition) is 3. The highest BCUT2D eigenvalue weighted by molar-refractivity contribution is 7.12. The molecule has 1 aromatic heterocycles. The standard InChI is InChI=1S/C16H15ClN2O2S/c1-9(20)18-11-4-5-14(13(17)8-11)19-16(21)15-12(6-7-22-15)10-2-3-10/h4-8,10H,2-3H2,1H3,(H,18,20)(H,19,21). The predicted octanol–water partition coefficient (Wildman–Crippen LogP) is 4.49. The summed E-state index contributed by atoms with van der Waals surface area (Å²) in [6.07, 6.45) is 2.31. The van der Waals surface area contributed by atoms with Gasteiger partial charge in [-0.1, -0.05) is 11.6 Å². The van der Waals surface area contributed by atoms with E-state index in [1.165, 1.54) is 18.3 Å². The Balaban J connectivity index is 1.76. The van der Waals surface area contributed by atoms with Crippen molar-refractivity contribution in [2.45, 2.75) is 25.7 Å². The number of halogens is 1. The minimum atomic E-state index is -0.166. The molecule has 0 saturated heterocycles. The Morgan fingerprint density at radius 1 is 1.23 bits per heavy atom.